The van der Waals surface area contributed by atoms with Gasteiger partial charge >= 0.3 is 6.18 Å². The van der Waals surface area contributed by atoms with Gasteiger partial charge in [0.2, 0.25) is 11.8 Å². The summed E-state index contributed by atoms with van der Waals surface area (Å²) in [5.41, 5.74) is 3.81. The maximum absolute atomic E-state index is 13.6. The fourth-order valence-electron chi connectivity index (χ4n) is 2.56. The van der Waals surface area contributed by atoms with E-state index >= 15 is 0 Å². The monoisotopic (exact) mass is 347 g/mol. The molecule has 0 spiro atoms. The Labute approximate surface area is 135 Å². The van der Waals surface area contributed by atoms with Crippen molar-refractivity contribution in [1.82, 2.24) is 4.90 Å². The number of rotatable bonds is 4. The first-order valence-corrected chi connectivity index (χ1v) is 7.36. The van der Waals surface area contributed by atoms with Crippen LogP contribution in [0.5, 0.6) is 0 Å². The number of likely N-dealkylation sites (tertiary alicyclic amines) is 1. The summed E-state index contributed by atoms with van der Waals surface area (Å²) in [4.78, 5) is 24.7. The Hall–Kier alpha value is -2.32. The van der Waals surface area contributed by atoms with Crippen LogP contribution in [0.2, 0.25) is 0 Å². The molecular formula is C15H17F4N3O2. The maximum Gasteiger partial charge on any atom is 0.416 e. The van der Waals surface area contributed by atoms with Crippen molar-refractivity contribution in [3.8, 4) is 0 Å². The molecule has 1 aliphatic heterocycles. The zero-order valence-corrected chi connectivity index (χ0v) is 12.7. The van der Waals surface area contributed by atoms with Crippen molar-refractivity contribution in [1.29, 1.82) is 0 Å². The zero-order valence-electron chi connectivity index (χ0n) is 12.7. The molecule has 0 aromatic heterocycles. The highest BCUT2D eigenvalue weighted by Gasteiger charge is 2.31. The van der Waals surface area contributed by atoms with Crippen LogP contribution in [-0.4, -0.2) is 36.3 Å². The van der Waals surface area contributed by atoms with Crippen LogP contribution in [-0.2, 0) is 15.8 Å². The molecule has 1 fully saturated rings. The van der Waals surface area contributed by atoms with E-state index in [1.165, 1.54) is 4.90 Å². The number of alkyl halides is 3. The van der Waals surface area contributed by atoms with Crippen LogP contribution in [0.15, 0.2) is 18.2 Å². The third-order valence-corrected chi connectivity index (χ3v) is 3.90. The number of anilines is 1. The number of piperidine rings is 1. The first kappa shape index (κ1) is 18.0. The summed E-state index contributed by atoms with van der Waals surface area (Å²) in [5, 5.41) is 2.38. The van der Waals surface area contributed by atoms with E-state index in [9.17, 15) is 27.2 Å². The van der Waals surface area contributed by atoms with Gasteiger partial charge < -0.3 is 16.0 Å². The highest BCUT2D eigenvalue weighted by atomic mass is 19.4. The minimum Gasteiger partial charge on any atom is -0.374 e. The smallest absolute Gasteiger partial charge is 0.374 e. The molecule has 0 bridgehead atoms. The highest BCUT2D eigenvalue weighted by molar-refractivity contribution is 5.83. The molecule has 1 aromatic carbocycles. The van der Waals surface area contributed by atoms with Gasteiger partial charge in [0.15, 0.2) is 0 Å². The van der Waals surface area contributed by atoms with Gasteiger partial charge in [0, 0.05) is 13.1 Å². The molecule has 1 aromatic rings. The largest absolute Gasteiger partial charge is 0.416 e. The normalized spacial score (nSPS) is 18.3. The van der Waals surface area contributed by atoms with Crippen LogP contribution in [0, 0.1) is 11.7 Å². The van der Waals surface area contributed by atoms with E-state index in [1.807, 2.05) is 0 Å². The summed E-state index contributed by atoms with van der Waals surface area (Å²) >= 11 is 0. The summed E-state index contributed by atoms with van der Waals surface area (Å²) < 4.78 is 51.5. The van der Waals surface area contributed by atoms with Crippen molar-refractivity contribution < 1.29 is 27.2 Å². The topological polar surface area (TPSA) is 75.4 Å². The second-order valence-electron chi connectivity index (χ2n) is 5.63. The standard InChI is InChI=1S/C15H17F4N3O2/c16-11-4-3-10(15(17,18)19)6-12(11)21-7-13(23)22-5-1-2-9(8-22)14(20)24/h3-4,6,9,21H,1-2,5,7-8H2,(H2,20,24). The number of nitrogens with one attached hydrogen (secondary N) is 1. The third-order valence-electron chi connectivity index (χ3n) is 3.90. The Balaban J connectivity index is 2.00. The van der Waals surface area contributed by atoms with Crippen molar-refractivity contribution in [3.05, 3.63) is 29.6 Å². The molecule has 9 heteroatoms. The predicted octanol–water partition coefficient (Wildman–Crippen LogP) is 1.98. The van der Waals surface area contributed by atoms with Gasteiger partial charge in [-0.15, -0.1) is 0 Å². The van der Waals surface area contributed by atoms with E-state index in [0.29, 0.717) is 37.6 Å². The van der Waals surface area contributed by atoms with Crippen LogP contribution < -0.4 is 11.1 Å². The Morgan fingerprint density at radius 2 is 2.04 bits per heavy atom. The van der Waals surface area contributed by atoms with E-state index in [4.69, 9.17) is 5.73 Å². The summed E-state index contributed by atoms with van der Waals surface area (Å²) in [5.74, 6) is -2.25. The van der Waals surface area contributed by atoms with E-state index < -0.39 is 41.0 Å². The molecule has 1 aliphatic rings. The summed E-state index contributed by atoms with van der Waals surface area (Å²) in [6, 6.07) is 1.94. The number of benzene rings is 1. The number of primary amides is 1. The average molecular weight is 347 g/mol. The van der Waals surface area contributed by atoms with Crippen molar-refractivity contribution in [2.75, 3.05) is 25.0 Å². The molecule has 2 rings (SSSR count). The molecule has 2 amide bonds. The molecule has 1 unspecified atom stereocenters. The molecule has 5 nitrogen and oxygen atoms in total. The lowest BCUT2D eigenvalue weighted by molar-refractivity contribution is -0.137. The third kappa shape index (κ3) is 4.36. The Morgan fingerprint density at radius 1 is 1.33 bits per heavy atom. The molecule has 132 valence electrons. The number of carbonyl (C=O) groups excluding carboxylic acids is 2. The molecule has 1 heterocycles. The van der Waals surface area contributed by atoms with Crippen molar-refractivity contribution in [2.45, 2.75) is 19.0 Å². The van der Waals surface area contributed by atoms with Gasteiger partial charge in [-0.1, -0.05) is 0 Å². The van der Waals surface area contributed by atoms with E-state index in [2.05, 4.69) is 5.32 Å². The van der Waals surface area contributed by atoms with Crippen molar-refractivity contribution in [3.63, 3.8) is 0 Å². The van der Waals surface area contributed by atoms with Gasteiger partial charge in [0.1, 0.15) is 5.82 Å². The molecule has 24 heavy (non-hydrogen) atoms. The SMILES string of the molecule is NC(=O)C1CCCN(C(=O)CNc2cc(C(F)(F)F)ccc2F)C1. The van der Waals surface area contributed by atoms with E-state index in [-0.39, 0.29) is 13.1 Å². The molecule has 1 saturated heterocycles. The van der Waals surface area contributed by atoms with Gasteiger partial charge in [-0.25, -0.2) is 4.39 Å². The predicted molar refractivity (Wildman–Crippen MR) is 78.4 cm³/mol. The Morgan fingerprint density at radius 3 is 2.67 bits per heavy atom. The molecule has 0 radical (unpaired) electrons. The van der Waals surface area contributed by atoms with Gasteiger partial charge in [0.05, 0.1) is 23.7 Å². The van der Waals surface area contributed by atoms with E-state index in [0.717, 1.165) is 0 Å². The zero-order chi connectivity index (χ0) is 17.9. The van der Waals surface area contributed by atoms with Gasteiger partial charge in [0.25, 0.3) is 0 Å². The van der Waals surface area contributed by atoms with Crippen molar-refractivity contribution in [2.24, 2.45) is 11.7 Å². The van der Waals surface area contributed by atoms with Crippen LogP contribution >= 0.6 is 0 Å². The highest BCUT2D eigenvalue weighted by Crippen LogP contribution is 2.31. The van der Waals surface area contributed by atoms with Gasteiger partial charge in [-0.2, -0.15) is 13.2 Å². The van der Waals surface area contributed by atoms with Crippen LogP contribution in [0.4, 0.5) is 23.2 Å². The molecule has 0 saturated carbocycles. The number of hydrogen-bond donors (Lipinski definition) is 2. The van der Waals surface area contributed by atoms with Gasteiger partial charge in [-0.05, 0) is 31.0 Å². The first-order chi connectivity index (χ1) is 11.2. The minimum atomic E-state index is -4.60. The van der Waals surface area contributed by atoms with Crippen LogP contribution in [0.1, 0.15) is 18.4 Å². The van der Waals surface area contributed by atoms with Crippen molar-refractivity contribution >= 4 is 17.5 Å². The number of carbonyl (C=O) groups is 2. The number of amides is 2. The number of nitrogens with zero attached hydrogens (tertiary/aromatic N) is 1. The van der Waals surface area contributed by atoms with E-state index in [1.54, 1.807) is 0 Å². The fraction of sp³-hybridized carbons (Fsp3) is 0.467. The number of nitrogens with two attached hydrogens (primary N) is 1. The summed E-state index contributed by atoms with van der Waals surface area (Å²) in [6.45, 7) is 0.222. The summed E-state index contributed by atoms with van der Waals surface area (Å²) in [7, 11) is 0. The number of hydrogen-bond acceptors (Lipinski definition) is 3. The van der Waals surface area contributed by atoms with Crippen LogP contribution in [0.3, 0.4) is 0 Å². The molecule has 0 aliphatic carbocycles. The first-order valence-electron chi connectivity index (χ1n) is 7.36. The Bertz CT molecular complexity index is 634. The second-order valence-corrected chi connectivity index (χ2v) is 5.63. The quantitative estimate of drug-likeness (QED) is 0.818. The average Bonchev–Trinajstić information content (AvgIpc) is 2.52. The molecular weight excluding hydrogens is 330 g/mol. The second kappa shape index (κ2) is 7.06. The lowest BCUT2D eigenvalue weighted by Crippen LogP contribution is -2.46. The Kier molecular flexibility index (Phi) is 5.30. The lowest BCUT2D eigenvalue weighted by Gasteiger charge is -2.31. The summed E-state index contributed by atoms with van der Waals surface area (Å²) in [6.07, 6.45) is -3.40. The minimum absolute atomic E-state index is 0.168. The lowest BCUT2D eigenvalue weighted by atomic mass is 9.97. The molecule has 3 N–H and O–H groups in total. The van der Waals surface area contributed by atoms with Crippen LogP contribution in [0.25, 0.3) is 0 Å². The number of halogens is 4. The molecule has 1 atom stereocenters. The van der Waals surface area contributed by atoms with Gasteiger partial charge in [-0.3, -0.25) is 9.59 Å². The fourth-order valence-corrected chi connectivity index (χ4v) is 2.56. The maximum atomic E-state index is 13.6.